The van der Waals surface area contributed by atoms with E-state index in [0.29, 0.717) is 0 Å². The predicted molar refractivity (Wildman–Crippen MR) is 38.3 cm³/mol. The van der Waals surface area contributed by atoms with Crippen LogP contribution in [0.3, 0.4) is 0 Å². The monoisotopic (exact) mass is 148 g/mol. The van der Waals surface area contributed by atoms with E-state index in [2.05, 4.69) is 18.8 Å². The number of carbonyl (C=O) groups excluding carboxylic acids is 1. The second-order valence-electron chi connectivity index (χ2n) is 1.31. The highest BCUT2D eigenvalue weighted by atomic mass is 35.5. The molecule has 0 aliphatic rings. The van der Waals surface area contributed by atoms with Gasteiger partial charge in [0, 0.05) is 5.57 Å². The molecule has 0 unspecified atom stereocenters. The number of thiocarbonyl (C=S) groups is 1. The number of rotatable bonds is 2. The Labute approximate surface area is 58.3 Å². The van der Waals surface area contributed by atoms with Crippen LogP contribution in [0.1, 0.15) is 6.92 Å². The Hall–Kier alpha value is -0.210. The average Bonchev–Trinajstić information content (AvgIpc) is 1.64. The molecule has 3 heteroatoms. The average molecular weight is 149 g/mol. The van der Waals surface area contributed by atoms with E-state index in [1.54, 1.807) is 0 Å². The van der Waals surface area contributed by atoms with Crippen molar-refractivity contribution in [1.82, 2.24) is 0 Å². The number of ketones is 1. The molecular weight excluding hydrogens is 144 g/mol. The Morgan fingerprint density at radius 3 is 2.12 bits per heavy atom. The fourth-order valence-electron chi connectivity index (χ4n) is 0.138. The van der Waals surface area contributed by atoms with Crippen LogP contribution in [0.5, 0.6) is 0 Å². The Kier molecular flexibility index (Phi) is 2.87. The lowest BCUT2D eigenvalue weighted by Crippen LogP contribution is -1.99. The summed E-state index contributed by atoms with van der Waals surface area (Å²) in [6.07, 6.45) is 0. The third-order valence-electron chi connectivity index (χ3n) is 0.662. The Bertz CT molecular complexity index is 135. The SMILES string of the molecule is C=C(C(C)=O)C(=S)Cl. The Morgan fingerprint density at radius 1 is 1.75 bits per heavy atom. The van der Waals surface area contributed by atoms with Crippen molar-refractivity contribution >= 4 is 33.9 Å². The lowest BCUT2D eigenvalue weighted by Gasteiger charge is -1.90. The zero-order valence-electron chi connectivity index (χ0n) is 4.40. The number of allylic oxidation sites excluding steroid dienone is 1. The van der Waals surface area contributed by atoms with Gasteiger partial charge in [-0.05, 0) is 6.92 Å². The largest absolute Gasteiger partial charge is 0.294 e. The number of carbonyl (C=O) groups is 1. The standard InChI is InChI=1S/C5H5ClOS/c1-3(4(2)7)5(6)8/h1H2,2H3. The summed E-state index contributed by atoms with van der Waals surface area (Å²) in [5, 5.41) is 0. The normalized spacial score (nSPS) is 8.25. The molecule has 0 rings (SSSR count). The smallest absolute Gasteiger partial charge is 0.161 e. The van der Waals surface area contributed by atoms with Crippen molar-refractivity contribution in [2.75, 3.05) is 0 Å². The molecular formula is C5H5ClOS. The third-order valence-corrected chi connectivity index (χ3v) is 1.14. The molecule has 8 heavy (non-hydrogen) atoms. The van der Waals surface area contributed by atoms with Crippen LogP contribution >= 0.6 is 23.8 Å². The fourth-order valence-corrected chi connectivity index (χ4v) is 0.415. The van der Waals surface area contributed by atoms with E-state index in [4.69, 9.17) is 11.6 Å². The lowest BCUT2D eigenvalue weighted by atomic mass is 10.2. The van der Waals surface area contributed by atoms with Gasteiger partial charge in [-0.2, -0.15) is 0 Å². The van der Waals surface area contributed by atoms with Gasteiger partial charge in [-0.15, -0.1) is 0 Å². The number of hydrogen-bond acceptors (Lipinski definition) is 2. The topological polar surface area (TPSA) is 17.1 Å². The molecule has 0 aliphatic carbocycles. The van der Waals surface area contributed by atoms with E-state index in [-0.39, 0.29) is 15.7 Å². The molecule has 1 nitrogen and oxygen atoms in total. The fraction of sp³-hybridized carbons (Fsp3) is 0.200. The van der Waals surface area contributed by atoms with Gasteiger partial charge in [0.1, 0.15) is 4.32 Å². The van der Waals surface area contributed by atoms with Crippen molar-refractivity contribution in [3.05, 3.63) is 12.2 Å². The quantitative estimate of drug-likeness (QED) is 0.337. The summed E-state index contributed by atoms with van der Waals surface area (Å²) in [5.74, 6) is -0.176. The second kappa shape index (κ2) is 2.95. The molecule has 0 heterocycles. The predicted octanol–water partition coefficient (Wildman–Crippen LogP) is 1.70. The van der Waals surface area contributed by atoms with Crippen LogP contribution in [0, 0.1) is 0 Å². The summed E-state index contributed by atoms with van der Waals surface area (Å²) in [7, 11) is 0. The molecule has 0 saturated heterocycles. The molecule has 0 N–H and O–H groups in total. The minimum atomic E-state index is -0.176. The lowest BCUT2D eigenvalue weighted by molar-refractivity contribution is -0.113. The van der Waals surface area contributed by atoms with Crippen molar-refractivity contribution in [1.29, 1.82) is 0 Å². The summed E-state index contributed by atoms with van der Waals surface area (Å²) >= 11 is 9.67. The van der Waals surface area contributed by atoms with E-state index in [1.807, 2.05) is 0 Å². The highest BCUT2D eigenvalue weighted by Gasteiger charge is 2.01. The number of hydrogen-bond donors (Lipinski definition) is 0. The van der Waals surface area contributed by atoms with Gasteiger partial charge in [-0.25, -0.2) is 0 Å². The van der Waals surface area contributed by atoms with Gasteiger partial charge in [0.05, 0.1) is 0 Å². The van der Waals surface area contributed by atoms with Gasteiger partial charge in [0.15, 0.2) is 5.78 Å². The van der Waals surface area contributed by atoms with Crippen LogP contribution in [-0.2, 0) is 4.79 Å². The Balaban J connectivity index is 4.05. The van der Waals surface area contributed by atoms with Gasteiger partial charge in [-0.3, -0.25) is 4.79 Å². The molecule has 0 aromatic heterocycles. The van der Waals surface area contributed by atoms with Crippen molar-refractivity contribution < 1.29 is 4.79 Å². The van der Waals surface area contributed by atoms with Gasteiger partial charge >= 0.3 is 0 Å². The maximum atomic E-state index is 10.3. The van der Waals surface area contributed by atoms with Crippen LogP contribution in [0.2, 0.25) is 0 Å². The molecule has 0 bridgehead atoms. The minimum Gasteiger partial charge on any atom is -0.294 e. The third kappa shape index (κ3) is 2.19. The van der Waals surface area contributed by atoms with Crippen LogP contribution in [0.15, 0.2) is 12.2 Å². The maximum absolute atomic E-state index is 10.3. The first-order valence-electron chi connectivity index (χ1n) is 1.95. The van der Waals surface area contributed by atoms with Crippen LogP contribution in [0.4, 0.5) is 0 Å². The molecule has 0 atom stereocenters. The van der Waals surface area contributed by atoms with Crippen molar-refractivity contribution in [2.45, 2.75) is 6.92 Å². The van der Waals surface area contributed by atoms with Gasteiger partial charge in [0.2, 0.25) is 0 Å². The molecule has 0 aromatic rings. The highest BCUT2D eigenvalue weighted by Crippen LogP contribution is 1.99. The summed E-state index contributed by atoms with van der Waals surface area (Å²) in [5.41, 5.74) is 0.210. The first-order valence-corrected chi connectivity index (χ1v) is 2.74. The van der Waals surface area contributed by atoms with Gasteiger partial charge in [-0.1, -0.05) is 30.4 Å². The van der Waals surface area contributed by atoms with Crippen LogP contribution < -0.4 is 0 Å². The maximum Gasteiger partial charge on any atom is 0.161 e. The van der Waals surface area contributed by atoms with Crippen LogP contribution in [0.25, 0.3) is 0 Å². The van der Waals surface area contributed by atoms with Gasteiger partial charge < -0.3 is 0 Å². The molecule has 44 valence electrons. The summed E-state index contributed by atoms with van der Waals surface area (Å²) in [6, 6.07) is 0. The van der Waals surface area contributed by atoms with Gasteiger partial charge in [0.25, 0.3) is 0 Å². The van der Waals surface area contributed by atoms with E-state index in [9.17, 15) is 4.79 Å². The van der Waals surface area contributed by atoms with E-state index in [1.165, 1.54) is 6.92 Å². The number of halogens is 1. The molecule has 0 spiro atoms. The van der Waals surface area contributed by atoms with Crippen molar-refractivity contribution in [3.8, 4) is 0 Å². The van der Waals surface area contributed by atoms with Crippen LogP contribution in [-0.4, -0.2) is 10.1 Å². The number of Topliss-reactive ketones (excluding diaryl/α,β-unsaturated/α-hetero) is 1. The summed E-state index contributed by atoms with van der Waals surface area (Å²) < 4.78 is 0.0532. The minimum absolute atomic E-state index is 0.0532. The molecule has 0 aliphatic heterocycles. The zero-order valence-corrected chi connectivity index (χ0v) is 5.97. The molecule has 0 fully saturated rings. The summed E-state index contributed by atoms with van der Waals surface area (Å²) in [4.78, 5) is 10.3. The first-order chi connectivity index (χ1) is 3.55. The second-order valence-corrected chi connectivity index (χ2v) is 2.32. The zero-order chi connectivity index (χ0) is 6.73. The first kappa shape index (κ1) is 7.79. The summed E-state index contributed by atoms with van der Waals surface area (Å²) in [6.45, 7) is 4.70. The molecule has 0 aromatic carbocycles. The molecule has 0 saturated carbocycles. The van der Waals surface area contributed by atoms with E-state index >= 15 is 0 Å². The Morgan fingerprint density at radius 2 is 2.12 bits per heavy atom. The van der Waals surface area contributed by atoms with Crippen molar-refractivity contribution in [2.24, 2.45) is 0 Å². The van der Waals surface area contributed by atoms with Crippen molar-refractivity contribution in [3.63, 3.8) is 0 Å². The molecule has 0 radical (unpaired) electrons. The highest BCUT2D eigenvalue weighted by molar-refractivity contribution is 7.83. The van der Waals surface area contributed by atoms with E-state index in [0.717, 1.165) is 0 Å². The van der Waals surface area contributed by atoms with E-state index < -0.39 is 0 Å². The molecule has 0 amide bonds.